The summed E-state index contributed by atoms with van der Waals surface area (Å²) in [4.78, 5) is 24.4. The van der Waals surface area contributed by atoms with Crippen LogP contribution in [0.5, 0.6) is 0 Å². The summed E-state index contributed by atoms with van der Waals surface area (Å²) in [6.07, 6.45) is 9.44. The van der Waals surface area contributed by atoms with Crippen LogP contribution in [0.3, 0.4) is 0 Å². The molecule has 0 saturated heterocycles. The fourth-order valence-corrected chi connectivity index (χ4v) is 3.08. The number of aliphatic hydroxyl groups is 1. The third-order valence-electron chi connectivity index (χ3n) is 4.72. The lowest BCUT2D eigenvalue weighted by molar-refractivity contribution is 0.102. The van der Waals surface area contributed by atoms with Gasteiger partial charge in [0.25, 0.3) is 5.91 Å². The number of carbonyl (C=O) groups is 1. The maximum Gasteiger partial charge on any atom is 0.275 e. The fourth-order valence-electron chi connectivity index (χ4n) is 3.08. The Morgan fingerprint density at radius 3 is 2.78 bits per heavy atom. The Hall–Kier alpha value is -2.87. The highest BCUT2D eigenvalue weighted by molar-refractivity contribution is 6.03. The topological polar surface area (TPSA) is 113 Å². The number of anilines is 2. The van der Waals surface area contributed by atoms with Gasteiger partial charge in [-0.15, -0.1) is 0 Å². The second-order valence-electron chi connectivity index (χ2n) is 6.64. The molecular weight excluding hydrogens is 349 g/mol. The number of aromatic nitrogens is 2. The summed E-state index contributed by atoms with van der Waals surface area (Å²) in [5, 5.41) is 11.7. The van der Waals surface area contributed by atoms with Crippen molar-refractivity contribution in [1.29, 1.82) is 0 Å². The average Bonchev–Trinajstić information content (AvgIpc) is 2.70. The van der Waals surface area contributed by atoms with Crippen LogP contribution in [0.2, 0.25) is 0 Å². The minimum Gasteiger partial charge on any atom is -0.398 e. The molecule has 3 rings (SSSR count). The number of nitrogens with two attached hydrogens (primary N) is 1. The van der Waals surface area contributed by atoms with Crippen LogP contribution in [-0.2, 0) is 0 Å². The predicted octanol–water partition coefficient (Wildman–Crippen LogP) is 2.42. The first kappa shape index (κ1) is 18.9. The number of rotatable bonds is 5. The summed E-state index contributed by atoms with van der Waals surface area (Å²) in [6.45, 7) is 0.218. The molecule has 27 heavy (non-hydrogen) atoms. The highest BCUT2D eigenvalue weighted by Crippen LogP contribution is 2.26. The van der Waals surface area contributed by atoms with Gasteiger partial charge in [0.1, 0.15) is 11.5 Å². The Morgan fingerprint density at radius 2 is 2.11 bits per heavy atom. The molecule has 1 amide bonds. The van der Waals surface area contributed by atoms with E-state index in [1.165, 1.54) is 24.7 Å². The van der Waals surface area contributed by atoms with Crippen LogP contribution in [0.4, 0.5) is 15.8 Å². The lowest BCUT2D eigenvalue weighted by Gasteiger charge is -2.24. The second kappa shape index (κ2) is 8.68. The third kappa shape index (κ3) is 4.85. The van der Waals surface area contributed by atoms with Crippen molar-refractivity contribution in [2.45, 2.75) is 31.7 Å². The van der Waals surface area contributed by atoms with Crippen molar-refractivity contribution in [2.75, 3.05) is 17.7 Å². The van der Waals surface area contributed by atoms with Gasteiger partial charge in [-0.3, -0.25) is 14.8 Å². The first-order valence-electron chi connectivity index (χ1n) is 8.87. The van der Waals surface area contributed by atoms with Crippen LogP contribution in [-0.4, -0.2) is 39.8 Å². The van der Waals surface area contributed by atoms with E-state index in [0.29, 0.717) is 11.5 Å². The van der Waals surface area contributed by atoms with Crippen LogP contribution in [0.1, 0.15) is 41.7 Å². The number of halogens is 1. The quantitative estimate of drug-likeness (QED) is 0.552. The molecule has 1 aliphatic rings. The monoisotopic (exact) mass is 371 g/mol. The van der Waals surface area contributed by atoms with E-state index in [1.807, 2.05) is 0 Å². The largest absolute Gasteiger partial charge is 0.398 e. The van der Waals surface area contributed by atoms with Crippen LogP contribution >= 0.6 is 0 Å². The van der Waals surface area contributed by atoms with E-state index in [2.05, 4.69) is 20.3 Å². The van der Waals surface area contributed by atoms with Crippen molar-refractivity contribution in [2.24, 2.45) is 10.9 Å². The molecule has 1 fully saturated rings. The molecule has 7 nitrogen and oxygen atoms in total. The van der Waals surface area contributed by atoms with Gasteiger partial charge in [0.05, 0.1) is 11.9 Å². The number of nitrogens with zero attached hydrogens (tertiary/aromatic N) is 3. The molecule has 2 aromatic rings. The van der Waals surface area contributed by atoms with Gasteiger partial charge in [0.2, 0.25) is 0 Å². The number of benzene rings is 1. The van der Waals surface area contributed by atoms with Crippen LogP contribution in [0.15, 0.2) is 35.7 Å². The molecule has 0 aliphatic heterocycles. The average molecular weight is 371 g/mol. The number of aliphatic imine (C=N–C) groups is 1. The van der Waals surface area contributed by atoms with Gasteiger partial charge >= 0.3 is 0 Å². The smallest absolute Gasteiger partial charge is 0.275 e. The lowest BCUT2D eigenvalue weighted by atomic mass is 9.87. The zero-order chi connectivity index (χ0) is 19.2. The van der Waals surface area contributed by atoms with Gasteiger partial charge in [-0.05, 0) is 43.7 Å². The molecule has 1 saturated carbocycles. The van der Waals surface area contributed by atoms with Crippen molar-refractivity contribution in [3.05, 3.63) is 47.8 Å². The van der Waals surface area contributed by atoms with E-state index in [-0.39, 0.29) is 29.7 Å². The molecule has 1 aromatic carbocycles. The number of carbonyl (C=O) groups excluding carboxylic acids is 1. The first-order valence-corrected chi connectivity index (χ1v) is 8.87. The number of nitrogens with one attached hydrogen (secondary N) is 1. The van der Waals surface area contributed by atoms with Crippen molar-refractivity contribution >= 4 is 23.5 Å². The Kier molecular flexibility index (Phi) is 6.08. The van der Waals surface area contributed by atoms with E-state index in [9.17, 15) is 14.3 Å². The summed E-state index contributed by atoms with van der Waals surface area (Å²) in [5.41, 5.74) is 6.77. The molecule has 1 aliphatic carbocycles. The minimum absolute atomic E-state index is 0.00490. The Bertz CT molecular complexity index is 820. The SMILES string of the molecule is Nc1cc(F)c(NC(=O)c2cnccn2)cc1C=NC1CCC(CO)CC1. The minimum atomic E-state index is -0.634. The van der Waals surface area contributed by atoms with E-state index in [0.717, 1.165) is 31.7 Å². The molecule has 0 atom stereocenters. The fraction of sp³-hybridized carbons (Fsp3) is 0.368. The summed E-state index contributed by atoms with van der Waals surface area (Å²) in [6, 6.07) is 2.79. The molecule has 1 aromatic heterocycles. The molecule has 4 N–H and O–H groups in total. The van der Waals surface area contributed by atoms with Gasteiger partial charge in [-0.1, -0.05) is 0 Å². The Balaban J connectivity index is 1.72. The number of hydrogen-bond donors (Lipinski definition) is 3. The first-order chi connectivity index (χ1) is 13.1. The van der Waals surface area contributed by atoms with Crippen LogP contribution in [0.25, 0.3) is 0 Å². The van der Waals surface area contributed by atoms with Gasteiger partial charge in [-0.25, -0.2) is 9.37 Å². The summed E-state index contributed by atoms with van der Waals surface area (Å²) >= 11 is 0. The van der Waals surface area contributed by atoms with Crippen LogP contribution < -0.4 is 11.1 Å². The molecule has 0 spiro atoms. The van der Waals surface area contributed by atoms with E-state index in [4.69, 9.17) is 5.73 Å². The van der Waals surface area contributed by atoms with E-state index in [1.54, 1.807) is 6.21 Å². The molecular formula is C19H22FN5O2. The zero-order valence-electron chi connectivity index (χ0n) is 14.8. The predicted molar refractivity (Wildman–Crippen MR) is 101 cm³/mol. The third-order valence-corrected chi connectivity index (χ3v) is 4.72. The summed E-state index contributed by atoms with van der Waals surface area (Å²) in [5.74, 6) is -0.836. The standard InChI is InChI=1S/C19H22FN5O2/c20-15-8-16(21)13(9-24-14-3-1-12(11-26)2-4-14)7-17(15)25-19(27)18-10-22-5-6-23-18/h5-10,12,14,26H,1-4,11,21H2,(H,25,27). The summed E-state index contributed by atoms with van der Waals surface area (Å²) in [7, 11) is 0. The number of aliphatic hydroxyl groups excluding tert-OH is 1. The van der Waals surface area contributed by atoms with Crippen molar-refractivity contribution in [3.8, 4) is 0 Å². The highest BCUT2D eigenvalue weighted by Gasteiger charge is 2.19. The van der Waals surface area contributed by atoms with Crippen molar-refractivity contribution < 1.29 is 14.3 Å². The Morgan fingerprint density at radius 1 is 1.33 bits per heavy atom. The molecule has 0 bridgehead atoms. The highest BCUT2D eigenvalue weighted by atomic mass is 19.1. The summed E-state index contributed by atoms with van der Waals surface area (Å²) < 4.78 is 14.2. The second-order valence-corrected chi connectivity index (χ2v) is 6.64. The maximum atomic E-state index is 14.2. The van der Waals surface area contributed by atoms with Crippen molar-refractivity contribution in [3.63, 3.8) is 0 Å². The van der Waals surface area contributed by atoms with Gasteiger partial charge < -0.3 is 16.2 Å². The maximum absolute atomic E-state index is 14.2. The van der Waals surface area contributed by atoms with Crippen molar-refractivity contribution in [1.82, 2.24) is 9.97 Å². The number of amides is 1. The van der Waals surface area contributed by atoms with Crippen LogP contribution in [0, 0.1) is 11.7 Å². The Labute approximate surface area is 156 Å². The normalized spacial score (nSPS) is 19.9. The van der Waals surface area contributed by atoms with Gasteiger partial charge in [-0.2, -0.15) is 0 Å². The zero-order valence-corrected chi connectivity index (χ0v) is 14.8. The molecule has 8 heteroatoms. The number of nitrogen functional groups attached to an aromatic ring is 1. The molecule has 0 unspecified atom stereocenters. The number of hydrogen-bond acceptors (Lipinski definition) is 6. The van der Waals surface area contributed by atoms with Gasteiger partial charge in [0, 0.05) is 42.5 Å². The lowest BCUT2D eigenvalue weighted by Crippen LogP contribution is -2.19. The molecule has 0 radical (unpaired) electrons. The molecule has 1 heterocycles. The van der Waals surface area contributed by atoms with E-state index >= 15 is 0 Å². The molecule has 142 valence electrons. The van der Waals surface area contributed by atoms with Gasteiger partial charge in [0.15, 0.2) is 0 Å². The van der Waals surface area contributed by atoms with E-state index < -0.39 is 11.7 Å².